The summed E-state index contributed by atoms with van der Waals surface area (Å²) in [5, 5.41) is -0.154. The molecule has 0 aliphatic heterocycles. The first-order valence-electron chi connectivity index (χ1n) is 6.37. The lowest BCUT2D eigenvalue weighted by atomic mass is 10.2. The minimum Gasteiger partial charge on any atom is -0.330 e. The highest BCUT2D eigenvalue weighted by Gasteiger charge is 2.39. The summed E-state index contributed by atoms with van der Waals surface area (Å²) >= 11 is 0. The van der Waals surface area contributed by atoms with E-state index in [1.807, 2.05) is 30.3 Å². The van der Waals surface area contributed by atoms with Crippen molar-refractivity contribution in [3.8, 4) is 0 Å². The van der Waals surface area contributed by atoms with Crippen LogP contribution in [-0.4, -0.2) is 31.1 Å². The van der Waals surface area contributed by atoms with Crippen LogP contribution < -0.4 is 5.73 Å². The summed E-state index contributed by atoms with van der Waals surface area (Å²) in [6.07, 6.45) is 2.31. The van der Waals surface area contributed by atoms with Gasteiger partial charge in [0.15, 0.2) is 0 Å². The molecule has 1 saturated carbocycles. The van der Waals surface area contributed by atoms with Crippen LogP contribution in [-0.2, 0) is 16.6 Å². The van der Waals surface area contributed by atoms with E-state index in [9.17, 15) is 8.42 Å². The van der Waals surface area contributed by atoms with Crippen molar-refractivity contribution in [2.24, 2.45) is 5.73 Å². The van der Waals surface area contributed by atoms with E-state index < -0.39 is 10.0 Å². The van der Waals surface area contributed by atoms with E-state index >= 15 is 0 Å². The number of hydrogen-bond donors (Lipinski definition) is 1. The molecule has 0 radical (unpaired) electrons. The van der Waals surface area contributed by atoms with Crippen LogP contribution in [0, 0.1) is 0 Å². The number of nitrogens with zero attached hydrogens (tertiary/aromatic N) is 1. The molecule has 1 fully saturated rings. The number of halogens is 1. The molecule has 108 valence electrons. The van der Waals surface area contributed by atoms with Crippen LogP contribution >= 0.6 is 12.4 Å². The van der Waals surface area contributed by atoms with Crippen LogP contribution in [0.1, 0.15) is 24.8 Å². The van der Waals surface area contributed by atoms with Crippen molar-refractivity contribution in [1.29, 1.82) is 0 Å². The smallest absolute Gasteiger partial charge is 0.217 e. The van der Waals surface area contributed by atoms with Crippen molar-refractivity contribution in [2.75, 3.05) is 13.1 Å². The average molecular weight is 305 g/mol. The fraction of sp³-hybridized carbons (Fsp3) is 0.538. The third-order valence-electron chi connectivity index (χ3n) is 3.12. The van der Waals surface area contributed by atoms with Gasteiger partial charge in [0.1, 0.15) is 0 Å². The molecule has 0 bridgehead atoms. The molecule has 0 aromatic heterocycles. The molecule has 6 heteroatoms. The summed E-state index contributed by atoms with van der Waals surface area (Å²) in [6.45, 7) is 1.50. The van der Waals surface area contributed by atoms with E-state index in [0.29, 0.717) is 26.1 Å². The van der Waals surface area contributed by atoms with E-state index in [0.717, 1.165) is 18.4 Å². The first kappa shape index (κ1) is 16.4. The molecule has 0 spiro atoms. The molecule has 4 nitrogen and oxygen atoms in total. The molecule has 0 atom stereocenters. The third-order valence-corrected chi connectivity index (χ3v) is 5.46. The molecule has 0 amide bonds. The molecule has 1 aliphatic carbocycles. The number of hydrogen-bond acceptors (Lipinski definition) is 3. The summed E-state index contributed by atoms with van der Waals surface area (Å²) in [5.41, 5.74) is 6.51. The zero-order valence-corrected chi connectivity index (χ0v) is 12.5. The van der Waals surface area contributed by atoms with Gasteiger partial charge in [-0.1, -0.05) is 30.3 Å². The maximum absolute atomic E-state index is 12.3. The predicted octanol–water partition coefficient (Wildman–Crippen LogP) is 1.75. The summed E-state index contributed by atoms with van der Waals surface area (Å²) in [5.74, 6) is 0. The van der Waals surface area contributed by atoms with Gasteiger partial charge < -0.3 is 5.73 Å². The van der Waals surface area contributed by atoms with Gasteiger partial charge in [0.05, 0.1) is 5.25 Å². The highest BCUT2D eigenvalue weighted by molar-refractivity contribution is 7.90. The Morgan fingerprint density at radius 2 is 1.84 bits per heavy atom. The highest BCUT2D eigenvalue weighted by atomic mass is 35.5. The SMILES string of the molecule is Cl.NCCCN(Cc1ccccc1)S(=O)(=O)C1CC1. The lowest BCUT2D eigenvalue weighted by Crippen LogP contribution is -2.35. The Morgan fingerprint density at radius 3 is 2.37 bits per heavy atom. The Labute approximate surface area is 121 Å². The van der Waals surface area contributed by atoms with Gasteiger partial charge in [0.2, 0.25) is 10.0 Å². The second-order valence-electron chi connectivity index (χ2n) is 4.71. The van der Waals surface area contributed by atoms with Gasteiger partial charge in [-0.25, -0.2) is 8.42 Å². The van der Waals surface area contributed by atoms with Gasteiger partial charge in [0.25, 0.3) is 0 Å². The first-order chi connectivity index (χ1) is 8.64. The van der Waals surface area contributed by atoms with Crippen LogP contribution in [0.3, 0.4) is 0 Å². The summed E-state index contributed by atoms with van der Waals surface area (Å²) in [7, 11) is -3.12. The Kier molecular flexibility index (Phi) is 6.26. The Balaban J connectivity index is 0.00000180. The molecule has 1 aromatic carbocycles. The molecule has 2 rings (SSSR count). The molecular weight excluding hydrogens is 284 g/mol. The lowest BCUT2D eigenvalue weighted by molar-refractivity contribution is 0.401. The fourth-order valence-electron chi connectivity index (χ4n) is 1.93. The van der Waals surface area contributed by atoms with Crippen LogP contribution in [0.5, 0.6) is 0 Å². The lowest BCUT2D eigenvalue weighted by Gasteiger charge is -2.22. The molecule has 0 heterocycles. The highest BCUT2D eigenvalue weighted by Crippen LogP contribution is 2.31. The van der Waals surface area contributed by atoms with Crippen molar-refractivity contribution < 1.29 is 8.42 Å². The van der Waals surface area contributed by atoms with Gasteiger partial charge in [-0.2, -0.15) is 4.31 Å². The summed E-state index contributed by atoms with van der Waals surface area (Å²) in [4.78, 5) is 0. The molecule has 0 unspecified atom stereocenters. The van der Waals surface area contributed by atoms with E-state index in [-0.39, 0.29) is 17.7 Å². The van der Waals surface area contributed by atoms with E-state index in [2.05, 4.69) is 0 Å². The van der Waals surface area contributed by atoms with Gasteiger partial charge >= 0.3 is 0 Å². The minimum atomic E-state index is -3.12. The maximum atomic E-state index is 12.3. The topological polar surface area (TPSA) is 63.4 Å². The van der Waals surface area contributed by atoms with Crippen molar-refractivity contribution in [3.63, 3.8) is 0 Å². The van der Waals surface area contributed by atoms with Crippen molar-refractivity contribution in [2.45, 2.75) is 31.1 Å². The van der Waals surface area contributed by atoms with Crippen LogP contribution in [0.25, 0.3) is 0 Å². The second kappa shape index (κ2) is 7.24. The Hall–Kier alpha value is -0.620. The molecule has 1 aliphatic rings. The number of rotatable bonds is 7. The quantitative estimate of drug-likeness (QED) is 0.835. The standard InChI is InChI=1S/C13H20N2O2S.ClH/c14-9-4-10-15(18(16,17)13-7-8-13)11-12-5-2-1-3-6-12;/h1-3,5-6,13H,4,7-11,14H2;1H. The molecular formula is C13H21ClN2O2S. The van der Waals surface area contributed by atoms with Crippen LogP contribution in [0.2, 0.25) is 0 Å². The number of benzene rings is 1. The van der Waals surface area contributed by atoms with Gasteiger partial charge in [-0.05, 0) is 31.4 Å². The van der Waals surface area contributed by atoms with E-state index in [1.54, 1.807) is 4.31 Å². The zero-order chi connectivity index (χ0) is 13.0. The largest absolute Gasteiger partial charge is 0.330 e. The van der Waals surface area contributed by atoms with Crippen molar-refractivity contribution in [3.05, 3.63) is 35.9 Å². The van der Waals surface area contributed by atoms with E-state index in [4.69, 9.17) is 5.73 Å². The Bertz CT molecular complexity index is 475. The van der Waals surface area contributed by atoms with Gasteiger partial charge in [-0.15, -0.1) is 12.4 Å². The normalized spacial score (nSPS) is 15.3. The molecule has 0 saturated heterocycles. The summed E-state index contributed by atoms with van der Waals surface area (Å²) < 4.78 is 26.2. The zero-order valence-electron chi connectivity index (χ0n) is 10.9. The fourth-order valence-corrected chi connectivity index (χ4v) is 3.79. The molecule has 1 aromatic rings. The van der Waals surface area contributed by atoms with Gasteiger partial charge in [0, 0.05) is 13.1 Å². The Morgan fingerprint density at radius 1 is 1.21 bits per heavy atom. The number of nitrogens with two attached hydrogens (primary N) is 1. The van der Waals surface area contributed by atoms with Crippen molar-refractivity contribution >= 4 is 22.4 Å². The molecule has 2 N–H and O–H groups in total. The minimum absolute atomic E-state index is 0. The van der Waals surface area contributed by atoms with Gasteiger partial charge in [-0.3, -0.25) is 0 Å². The summed E-state index contributed by atoms with van der Waals surface area (Å²) in [6, 6.07) is 9.71. The average Bonchev–Trinajstić information content (AvgIpc) is 3.20. The van der Waals surface area contributed by atoms with E-state index in [1.165, 1.54) is 0 Å². The number of sulfonamides is 1. The third kappa shape index (κ3) is 4.45. The van der Waals surface area contributed by atoms with Crippen LogP contribution in [0.4, 0.5) is 0 Å². The van der Waals surface area contributed by atoms with Crippen molar-refractivity contribution in [1.82, 2.24) is 4.31 Å². The second-order valence-corrected chi connectivity index (χ2v) is 6.92. The first-order valence-corrected chi connectivity index (χ1v) is 7.88. The molecule has 19 heavy (non-hydrogen) atoms. The maximum Gasteiger partial charge on any atom is 0.217 e. The monoisotopic (exact) mass is 304 g/mol. The van der Waals surface area contributed by atoms with Crippen LogP contribution in [0.15, 0.2) is 30.3 Å². The predicted molar refractivity (Wildman–Crippen MR) is 79.7 cm³/mol.